The predicted octanol–water partition coefficient (Wildman–Crippen LogP) is 1.77. The van der Waals surface area contributed by atoms with E-state index in [-0.39, 0.29) is 18.9 Å². The van der Waals surface area contributed by atoms with Crippen LogP contribution in [0.5, 0.6) is 0 Å². The zero-order valence-electron chi connectivity index (χ0n) is 11.6. The Kier molecular flexibility index (Phi) is 3.94. The standard InChI is InChI=1S/C14H15BrN2O3/c1-8-6-9(15)7-10-12(8)17(14(20)13(10)19)5-4-11(18)16(2)3/h6-7H,4-5H2,1-3H3. The molecule has 106 valence electrons. The number of Topliss-reactive ketones (excluding diaryl/α,β-unsaturated/α-hetero) is 1. The summed E-state index contributed by atoms with van der Waals surface area (Å²) in [5, 5.41) is 0. The summed E-state index contributed by atoms with van der Waals surface area (Å²) in [6.07, 6.45) is 0.195. The molecule has 2 amide bonds. The van der Waals surface area contributed by atoms with E-state index in [9.17, 15) is 14.4 Å². The number of halogens is 1. The van der Waals surface area contributed by atoms with E-state index >= 15 is 0 Å². The molecule has 0 bridgehead atoms. The van der Waals surface area contributed by atoms with Crippen LogP contribution >= 0.6 is 15.9 Å². The second kappa shape index (κ2) is 5.36. The molecule has 0 aromatic heterocycles. The third kappa shape index (κ3) is 2.47. The van der Waals surface area contributed by atoms with Crippen LogP contribution in [-0.4, -0.2) is 43.1 Å². The fourth-order valence-corrected chi connectivity index (χ4v) is 2.82. The highest BCUT2D eigenvalue weighted by Gasteiger charge is 2.37. The van der Waals surface area contributed by atoms with E-state index in [4.69, 9.17) is 0 Å². The van der Waals surface area contributed by atoms with Crippen molar-refractivity contribution in [2.45, 2.75) is 13.3 Å². The van der Waals surface area contributed by atoms with Crippen LogP contribution in [0.2, 0.25) is 0 Å². The lowest BCUT2D eigenvalue weighted by Crippen LogP contribution is -2.34. The number of hydrogen-bond donors (Lipinski definition) is 0. The van der Waals surface area contributed by atoms with Gasteiger partial charge < -0.3 is 9.80 Å². The van der Waals surface area contributed by atoms with Crippen LogP contribution in [0.4, 0.5) is 5.69 Å². The van der Waals surface area contributed by atoms with Crippen molar-refractivity contribution in [1.29, 1.82) is 0 Å². The fraction of sp³-hybridized carbons (Fsp3) is 0.357. The largest absolute Gasteiger partial charge is 0.349 e. The van der Waals surface area contributed by atoms with E-state index in [1.807, 2.05) is 13.0 Å². The molecular weight excluding hydrogens is 324 g/mol. The molecule has 6 heteroatoms. The Morgan fingerprint density at radius 2 is 1.95 bits per heavy atom. The molecule has 0 unspecified atom stereocenters. The van der Waals surface area contributed by atoms with Crippen molar-refractivity contribution < 1.29 is 14.4 Å². The van der Waals surface area contributed by atoms with Crippen LogP contribution in [0.25, 0.3) is 0 Å². The molecular formula is C14H15BrN2O3. The summed E-state index contributed by atoms with van der Waals surface area (Å²) in [5.74, 6) is -1.15. The van der Waals surface area contributed by atoms with Gasteiger partial charge in [-0.25, -0.2) is 0 Å². The van der Waals surface area contributed by atoms with Crippen molar-refractivity contribution in [3.8, 4) is 0 Å². The maximum Gasteiger partial charge on any atom is 0.299 e. The van der Waals surface area contributed by atoms with Crippen LogP contribution in [0.3, 0.4) is 0 Å². The zero-order valence-corrected chi connectivity index (χ0v) is 13.2. The molecule has 1 heterocycles. The molecule has 0 radical (unpaired) electrons. The summed E-state index contributed by atoms with van der Waals surface area (Å²) in [6, 6.07) is 3.50. The van der Waals surface area contributed by atoms with E-state index < -0.39 is 11.7 Å². The second-order valence-corrected chi connectivity index (χ2v) is 5.86. The molecule has 0 atom stereocenters. The van der Waals surface area contributed by atoms with Gasteiger partial charge in [0, 0.05) is 31.5 Å². The molecule has 0 spiro atoms. The van der Waals surface area contributed by atoms with Crippen LogP contribution in [0, 0.1) is 6.92 Å². The lowest BCUT2D eigenvalue weighted by Gasteiger charge is -2.19. The monoisotopic (exact) mass is 338 g/mol. The van der Waals surface area contributed by atoms with Crippen LogP contribution in [0.1, 0.15) is 22.3 Å². The first-order valence-corrected chi connectivity index (χ1v) is 6.98. The Morgan fingerprint density at radius 1 is 1.30 bits per heavy atom. The summed E-state index contributed by atoms with van der Waals surface area (Å²) >= 11 is 3.32. The van der Waals surface area contributed by atoms with Crippen LogP contribution < -0.4 is 4.90 Å². The Balaban J connectivity index is 2.31. The number of amides is 2. The van der Waals surface area contributed by atoms with Gasteiger partial charge in [-0.2, -0.15) is 0 Å². The maximum absolute atomic E-state index is 12.0. The van der Waals surface area contributed by atoms with Crippen molar-refractivity contribution in [2.75, 3.05) is 25.5 Å². The molecule has 2 rings (SSSR count). The summed E-state index contributed by atoms with van der Waals surface area (Å²) in [4.78, 5) is 38.5. The number of carbonyl (C=O) groups excluding carboxylic acids is 3. The van der Waals surface area contributed by atoms with Gasteiger partial charge in [0.05, 0.1) is 11.3 Å². The number of carbonyl (C=O) groups is 3. The Labute approximate surface area is 125 Å². The number of benzene rings is 1. The van der Waals surface area contributed by atoms with Crippen molar-refractivity contribution >= 4 is 39.2 Å². The quantitative estimate of drug-likeness (QED) is 0.789. The van der Waals surface area contributed by atoms with Crippen molar-refractivity contribution in [3.05, 3.63) is 27.7 Å². The molecule has 1 aliphatic rings. The summed E-state index contributed by atoms with van der Waals surface area (Å²) < 4.78 is 0.765. The molecule has 1 aliphatic heterocycles. The molecule has 1 aromatic carbocycles. The van der Waals surface area contributed by atoms with Gasteiger partial charge in [0.25, 0.3) is 11.7 Å². The van der Waals surface area contributed by atoms with Gasteiger partial charge >= 0.3 is 0 Å². The minimum absolute atomic E-state index is 0.0755. The van der Waals surface area contributed by atoms with E-state index in [0.717, 1.165) is 10.0 Å². The molecule has 0 fully saturated rings. The Morgan fingerprint density at radius 3 is 2.55 bits per heavy atom. The van der Waals surface area contributed by atoms with Gasteiger partial charge in [-0.15, -0.1) is 0 Å². The van der Waals surface area contributed by atoms with Crippen LogP contribution in [-0.2, 0) is 9.59 Å². The predicted molar refractivity (Wildman–Crippen MR) is 78.9 cm³/mol. The Hall–Kier alpha value is -1.69. The molecule has 0 aliphatic carbocycles. The number of ketones is 1. The highest BCUT2D eigenvalue weighted by atomic mass is 79.9. The molecule has 0 saturated heterocycles. The first kappa shape index (κ1) is 14.7. The van der Waals surface area contributed by atoms with Gasteiger partial charge in [0.2, 0.25) is 5.91 Å². The molecule has 0 N–H and O–H groups in total. The first-order chi connectivity index (χ1) is 9.32. The molecule has 1 aromatic rings. The molecule has 0 saturated carbocycles. The number of aryl methyl sites for hydroxylation is 1. The number of fused-ring (bicyclic) bond motifs is 1. The lowest BCUT2D eigenvalue weighted by molar-refractivity contribution is -0.128. The van der Waals surface area contributed by atoms with E-state index in [2.05, 4.69) is 15.9 Å². The summed E-state index contributed by atoms with van der Waals surface area (Å²) in [6.45, 7) is 2.06. The minimum Gasteiger partial charge on any atom is -0.349 e. The smallest absolute Gasteiger partial charge is 0.299 e. The van der Waals surface area contributed by atoms with Gasteiger partial charge in [0.15, 0.2) is 0 Å². The number of nitrogens with zero attached hydrogens (tertiary/aromatic N) is 2. The number of hydrogen-bond acceptors (Lipinski definition) is 3. The van der Waals surface area contributed by atoms with Crippen molar-refractivity contribution in [1.82, 2.24) is 4.90 Å². The fourth-order valence-electron chi connectivity index (χ4n) is 2.25. The van der Waals surface area contributed by atoms with Crippen LogP contribution in [0.15, 0.2) is 16.6 Å². The van der Waals surface area contributed by atoms with Crippen molar-refractivity contribution in [3.63, 3.8) is 0 Å². The minimum atomic E-state index is -0.562. The van der Waals surface area contributed by atoms with Gasteiger partial charge in [-0.3, -0.25) is 14.4 Å². The second-order valence-electron chi connectivity index (χ2n) is 4.94. The highest BCUT2D eigenvalue weighted by Crippen LogP contribution is 2.35. The van der Waals surface area contributed by atoms with E-state index in [0.29, 0.717) is 11.3 Å². The summed E-state index contributed by atoms with van der Waals surface area (Å²) in [5.41, 5.74) is 1.86. The van der Waals surface area contributed by atoms with Crippen molar-refractivity contribution in [2.24, 2.45) is 0 Å². The number of anilines is 1. The Bertz CT molecular complexity index is 611. The topological polar surface area (TPSA) is 57.7 Å². The molecule has 20 heavy (non-hydrogen) atoms. The average molecular weight is 339 g/mol. The zero-order chi connectivity index (χ0) is 15.0. The first-order valence-electron chi connectivity index (χ1n) is 6.19. The lowest BCUT2D eigenvalue weighted by atomic mass is 10.1. The third-order valence-electron chi connectivity index (χ3n) is 3.27. The SMILES string of the molecule is Cc1cc(Br)cc2c1N(CCC(=O)N(C)C)C(=O)C2=O. The molecule has 5 nitrogen and oxygen atoms in total. The van der Waals surface area contributed by atoms with E-state index in [1.165, 1.54) is 9.80 Å². The van der Waals surface area contributed by atoms with Gasteiger partial charge in [0.1, 0.15) is 0 Å². The third-order valence-corrected chi connectivity index (χ3v) is 3.73. The van der Waals surface area contributed by atoms with Gasteiger partial charge in [-0.05, 0) is 24.6 Å². The highest BCUT2D eigenvalue weighted by molar-refractivity contribution is 9.10. The van der Waals surface area contributed by atoms with Gasteiger partial charge in [-0.1, -0.05) is 15.9 Å². The normalized spacial score (nSPS) is 13.7. The summed E-state index contributed by atoms with van der Waals surface area (Å²) in [7, 11) is 3.32. The average Bonchev–Trinajstić information content (AvgIpc) is 2.60. The maximum atomic E-state index is 12.0. The number of rotatable bonds is 3. The van der Waals surface area contributed by atoms with E-state index in [1.54, 1.807) is 20.2 Å².